The van der Waals surface area contributed by atoms with Gasteiger partial charge in [-0.1, -0.05) is 0 Å². The van der Waals surface area contributed by atoms with Crippen LogP contribution in [0.3, 0.4) is 0 Å². The van der Waals surface area contributed by atoms with Gasteiger partial charge in [0.25, 0.3) is 0 Å². The predicted molar refractivity (Wildman–Crippen MR) is 56.8 cm³/mol. The number of rotatable bonds is 1. The second-order valence-corrected chi connectivity index (χ2v) is 1.60. The zero-order valence-corrected chi connectivity index (χ0v) is 11.3. The Kier molecular flexibility index (Phi) is 89.2. The molecule has 138 valence electrons. The first-order valence-corrected chi connectivity index (χ1v) is 4.64. The van der Waals surface area contributed by atoms with Crippen LogP contribution in [0, 0.1) is 0 Å². The van der Waals surface area contributed by atoms with Crippen molar-refractivity contribution in [1.29, 1.82) is 0 Å². The van der Waals surface area contributed by atoms with Gasteiger partial charge in [-0.05, 0) is 6.92 Å². The van der Waals surface area contributed by atoms with E-state index in [1.807, 2.05) is 0 Å². The van der Waals surface area contributed by atoms with E-state index in [9.17, 15) is 52.7 Å². The number of hydrogen-bond donors (Lipinski definition) is 0. The van der Waals surface area contributed by atoms with Crippen LogP contribution in [-0.2, 0) is 0 Å². The van der Waals surface area contributed by atoms with Crippen LogP contribution in [0.2, 0.25) is 0 Å². The summed E-state index contributed by atoms with van der Waals surface area (Å²) in [6, 6.07) is 0. The molecule has 0 unspecified atom stereocenters. The van der Waals surface area contributed by atoms with Gasteiger partial charge in [-0.3, -0.25) is 8.78 Å². The molecule has 0 nitrogen and oxygen atoms in total. The Morgan fingerprint density at radius 1 is 0.619 bits per heavy atom. The summed E-state index contributed by atoms with van der Waals surface area (Å²) in [4.78, 5) is 0. The molecule has 0 N–H and O–H groups in total. The Bertz CT molecular complexity index is 90.5. The maximum atomic E-state index is 10.4. The Balaban J connectivity index is -0.0000000336. The summed E-state index contributed by atoms with van der Waals surface area (Å²) in [5.74, 6) is 0. The third kappa shape index (κ3) is 565. The third-order valence-corrected chi connectivity index (χ3v) is 0.223. The van der Waals surface area contributed by atoms with Crippen molar-refractivity contribution in [2.45, 2.75) is 13.1 Å². The minimum atomic E-state index is -4.62. The van der Waals surface area contributed by atoms with Crippen LogP contribution in [0.1, 0.15) is 6.92 Å². The molecule has 0 atom stereocenters. The fourth-order valence-electron chi connectivity index (χ4n) is 0. The van der Waals surface area contributed by atoms with Crippen molar-refractivity contribution >= 4 is 0 Å². The predicted octanol–water partition coefficient (Wildman–Crippen LogP) is 5.77. The molecule has 0 amide bonds. The molecule has 0 aliphatic rings. The van der Waals surface area contributed by atoms with Gasteiger partial charge in [0.2, 0.25) is 13.9 Å². The third-order valence-electron chi connectivity index (χ3n) is 0.223. The maximum absolute atomic E-state index is 10.4. The highest BCUT2D eigenvalue weighted by Crippen LogP contribution is 2.13. The van der Waals surface area contributed by atoms with Crippen LogP contribution in [0.25, 0.3) is 0 Å². The minimum Gasteiger partial charge on any atom is -0.255 e. The second-order valence-electron chi connectivity index (χ2n) is 1.60. The summed E-state index contributed by atoms with van der Waals surface area (Å²) in [5.41, 5.74) is 0. The monoisotopic (exact) mass is 354 g/mol. The molecule has 0 fully saturated rings. The lowest BCUT2D eigenvalue weighted by molar-refractivity contribution is -0.142. The lowest BCUT2D eigenvalue weighted by atomic mass is 10.8. The molecule has 0 aromatic rings. The van der Waals surface area contributed by atoms with Crippen LogP contribution in [0.4, 0.5) is 52.7 Å². The molecule has 21 heavy (non-hydrogen) atoms. The molecule has 0 bridgehead atoms. The van der Waals surface area contributed by atoms with Gasteiger partial charge in [0.15, 0.2) is 6.67 Å². The molecule has 0 aliphatic carbocycles. The van der Waals surface area contributed by atoms with Gasteiger partial charge in [0.05, 0.1) is 13.9 Å². The molecule has 0 heterocycles. The van der Waals surface area contributed by atoms with Gasteiger partial charge in [-0.15, -0.1) is 0 Å². The number of halogens is 12. The van der Waals surface area contributed by atoms with Crippen molar-refractivity contribution in [2.75, 3.05) is 47.7 Å². The highest BCUT2D eigenvalue weighted by atomic mass is 19.4. The first-order valence-electron chi connectivity index (χ1n) is 4.64. The van der Waals surface area contributed by atoms with Gasteiger partial charge in [-0.2, -0.15) is 13.2 Å². The molecule has 0 aromatic carbocycles. The molecule has 0 saturated carbocycles. The van der Waals surface area contributed by atoms with E-state index in [-0.39, 0.29) is 6.67 Å². The molecule has 0 aromatic heterocycles. The van der Waals surface area contributed by atoms with Crippen molar-refractivity contribution < 1.29 is 52.7 Å². The molecular formula is C9H18F12. The fourth-order valence-corrected chi connectivity index (χ4v) is 0. The van der Waals surface area contributed by atoms with E-state index >= 15 is 0 Å². The van der Waals surface area contributed by atoms with E-state index in [4.69, 9.17) is 0 Å². The van der Waals surface area contributed by atoms with E-state index in [0.29, 0.717) is 7.18 Å². The molecule has 0 radical (unpaired) electrons. The van der Waals surface area contributed by atoms with Crippen LogP contribution in [0.15, 0.2) is 0 Å². The van der Waals surface area contributed by atoms with Crippen LogP contribution in [0.5, 0.6) is 0 Å². The molecule has 0 rings (SSSR count). The van der Waals surface area contributed by atoms with Crippen molar-refractivity contribution in [3.05, 3.63) is 0 Å². The zero-order chi connectivity index (χ0) is 18.7. The van der Waals surface area contributed by atoms with Crippen LogP contribution < -0.4 is 0 Å². The van der Waals surface area contributed by atoms with E-state index in [1.165, 1.54) is 6.92 Å². The summed E-state index contributed by atoms with van der Waals surface area (Å²) < 4.78 is 121. The van der Waals surface area contributed by atoms with Crippen molar-refractivity contribution in [2.24, 2.45) is 0 Å². The van der Waals surface area contributed by atoms with E-state index in [0.717, 1.165) is 0 Å². The summed E-state index contributed by atoms with van der Waals surface area (Å²) in [6.45, 7) is -6.22. The summed E-state index contributed by atoms with van der Waals surface area (Å²) in [7, 11) is 0.500. The Hall–Kier alpha value is -0.840. The lowest BCUT2D eigenvalue weighted by Gasteiger charge is -1.93. The Morgan fingerprint density at radius 2 is 0.714 bits per heavy atom. The summed E-state index contributed by atoms with van der Waals surface area (Å²) >= 11 is 0. The van der Waals surface area contributed by atoms with E-state index in [2.05, 4.69) is 0 Å². The molecule has 0 aliphatic heterocycles. The van der Waals surface area contributed by atoms with Gasteiger partial charge >= 0.3 is 6.18 Å². The normalized spacial score (nSPS) is 7.71. The summed E-state index contributed by atoms with van der Waals surface area (Å²) in [6.07, 6.45) is -4.62. The van der Waals surface area contributed by atoms with Gasteiger partial charge in [0.1, 0.15) is 13.3 Å². The van der Waals surface area contributed by atoms with Gasteiger partial charge in [0, 0.05) is 0 Å². The highest BCUT2D eigenvalue weighted by Gasteiger charge is 2.26. The van der Waals surface area contributed by atoms with Crippen molar-refractivity contribution in [1.82, 2.24) is 0 Å². The first-order chi connectivity index (χ1) is 9.72. The van der Waals surface area contributed by atoms with E-state index in [1.54, 1.807) is 0 Å². The molecule has 0 spiro atoms. The molecule has 0 saturated heterocycles. The highest BCUT2D eigenvalue weighted by molar-refractivity contribution is 4.39. The number of alkyl halides is 12. The van der Waals surface area contributed by atoms with Crippen LogP contribution in [-0.4, -0.2) is 53.9 Å². The quantitative estimate of drug-likeness (QED) is 0.525. The lowest BCUT2D eigenvalue weighted by Crippen LogP contribution is -2.08. The standard InChI is InChI=1S/C2H2F4.C2H4F2.C2H5F.2CH2F2.CH3F/c3-1-2(4,5)6;3-1-2-4;1-2-3;2*2-1-3;1-2/h1H2;1-2H2;2H2,1H3;2*1H2;1H3. The average molecular weight is 354 g/mol. The Labute approximate surface area is 115 Å². The van der Waals surface area contributed by atoms with Gasteiger partial charge in [-0.25, -0.2) is 30.7 Å². The van der Waals surface area contributed by atoms with Crippen molar-refractivity contribution in [3.8, 4) is 0 Å². The maximum Gasteiger partial charge on any atom is 0.416 e. The van der Waals surface area contributed by atoms with Crippen molar-refractivity contribution in [3.63, 3.8) is 0 Å². The number of hydrogen-bond acceptors (Lipinski definition) is 0. The second kappa shape index (κ2) is 50.7. The average Bonchev–Trinajstić information content (AvgIpc) is 2.43. The Morgan fingerprint density at radius 3 is 0.714 bits per heavy atom. The smallest absolute Gasteiger partial charge is 0.255 e. The van der Waals surface area contributed by atoms with E-state index < -0.39 is 40.1 Å². The molecule has 12 heteroatoms. The minimum absolute atomic E-state index is 0.250. The van der Waals surface area contributed by atoms with Gasteiger partial charge < -0.3 is 0 Å². The topological polar surface area (TPSA) is 0 Å². The summed E-state index contributed by atoms with van der Waals surface area (Å²) in [5, 5.41) is 0. The SMILES string of the molecule is CCF.CF.FCC(F)(F)F.FCCF.FCF.FCF. The largest absolute Gasteiger partial charge is 0.416 e. The first kappa shape index (κ1) is 36.9. The molecular weight excluding hydrogens is 336 g/mol. The fraction of sp³-hybridized carbons (Fsp3) is 1.00. The van der Waals surface area contributed by atoms with Crippen LogP contribution >= 0.6 is 0 Å². The zero-order valence-electron chi connectivity index (χ0n) is 11.3.